The van der Waals surface area contributed by atoms with Gasteiger partial charge < -0.3 is 14.2 Å². The first kappa shape index (κ1) is 12.2. The number of hydrogen-bond acceptors (Lipinski definition) is 6. The van der Waals surface area contributed by atoms with Gasteiger partial charge in [-0.15, -0.1) is 0 Å². The molecule has 0 saturated heterocycles. The third-order valence-corrected chi connectivity index (χ3v) is 1.89. The Morgan fingerprint density at radius 1 is 1.19 bits per heavy atom. The summed E-state index contributed by atoms with van der Waals surface area (Å²) >= 11 is 0. The van der Waals surface area contributed by atoms with Crippen LogP contribution in [0.4, 0.5) is 0 Å². The highest BCUT2D eigenvalue weighted by Crippen LogP contribution is 2.10. The predicted octanol–water partition coefficient (Wildman–Crippen LogP) is -0.564. The molecule has 1 amide bonds. The summed E-state index contributed by atoms with van der Waals surface area (Å²) < 4.78 is 13.7. The van der Waals surface area contributed by atoms with Crippen LogP contribution in [-0.2, 0) is 28.6 Å². The smallest absolute Gasteiger partial charge is 0.359 e. The molecule has 0 aliphatic carbocycles. The lowest BCUT2D eigenvalue weighted by atomic mass is 10.3. The van der Waals surface area contributed by atoms with E-state index in [9.17, 15) is 14.4 Å². The number of aliphatic imine (C=N–C) groups is 1. The Morgan fingerprint density at radius 3 is 2.12 bits per heavy atom. The van der Waals surface area contributed by atoms with Crippen LogP contribution in [0.3, 0.4) is 0 Å². The van der Waals surface area contributed by atoms with E-state index < -0.39 is 18.0 Å². The highest BCUT2D eigenvalue weighted by Gasteiger charge is 2.33. The van der Waals surface area contributed by atoms with E-state index in [-0.39, 0.29) is 24.6 Å². The fraction of sp³-hybridized carbons (Fsp3) is 0.556. The van der Waals surface area contributed by atoms with Crippen LogP contribution in [0.1, 0.15) is 12.8 Å². The van der Waals surface area contributed by atoms with Gasteiger partial charge in [0.15, 0.2) is 5.90 Å². The zero-order chi connectivity index (χ0) is 12.1. The number of amides is 1. The van der Waals surface area contributed by atoms with Crippen LogP contribution in [0.15, 0.2) is 4.99 Å². The summed E-state index contributed by atoms with van der Waals surface area (Å²) in [4.78, 5) is 36.7. The summed E-state index contributed by atoms with van der Waals surface area (Å²) in [5.41, 5.74) is 0. The number of carbonyl (C=O) groups excluding carboxylic acids is 3. The summed E-state index contributed by atoms with van der Waals surface area (Å²) in [5, 5.41) is 0. The van der Waals surface area contributed by atoms with Gasteiger partial charge in [0, 0.05) is 12.8 Å². The molecule has 0 unspecified atom stereocenters. The van der Waals surface area contributed by atoms with Crippen molar-refractivity contribution in [1.29, 1.82) is 0 Å². The Bertz CT molecular complexity index is 332. The van der Waals surface area contributed by atoms with Crippen molar-refractivity contribution in [3.05, 3.63) is 0 Å². The van der Waals surface area contributed by atoms with Crippen LogP contribution in [0.2, 0.25) is 0 Å². The van der Waals surface area contributed by atoms with Gasteiger partial charge in [-0.2, -0.15) is 4.99 Å². The van der Waals surface area contributed by atoms with E-state index in [2.05, 4.69) is 14.5 Å². The van der Waals surface area contributed by atoms with Crippen molar-refractivity contribution < 1.29 is 28.6 Å². The van der Waals surface area contributed by atoms with Crippen molar-refractivity contribution in [2.24, 2.45) is 4.99 Å². The normalized spacial score (nSPS) is 14.7. The summed E-state index contributed by atoms with van der Waals surface area (Å²) in [7, 11) is 2.23. The zero-order valence-electron chi connectivity index (χ0n) is 8.89. The second kappa shape index (κ2) is 5.24. The van der Waals surface area contributed by atoms with Crippen LogP contribution in [0.25, 0.3) is 0 Å². The van der Waals surface area contributed by atoms with E-state index in [4.69, 9.17) is 4.74 Å². The Balaban J connectivity index is 2.71. The van der Waals surface area contributed by atoms with Crippen LogP contribution < -0.4 is 0 Å². The first-order valence-electron chi connectivity index (χ1n) is 4.51. The van der Waals surface area contributed by atoms with Gasteiger partial charge in [-0.3, -0.25) is 4.79 Å². The van der Waals surface area contributed by atoms with Gasteiger partial charge in [0.05, 0.1) is 14.2 Å². The lowest BCUT2D eigenvalue weighted by Crippen LogP contribution is -2.36. The minimum Gasteiger partial charge on any atom is -0.466 e. The minimum absolute atomic E-state index is 0.0470. The van der Waals surface area contributed by atoms with Crippen LogP contribution >= 0.6 is 0 Å². The van der Waals surface area contributed by atoms with Crippen molar-refractivity contribution >= 4 is 23.7 Å². The Kier molecular flexibility index (Phi) is 3.98. The molecule has 0 bridgehead atoms. The van der Waals surface area contributed by atoms with E-state index in [1.165, 1.54) is 0 Å². The number of rotatable bonds is 3. The van der Waals surface area contributed by atoms with Crippen molar-refractivity contribution in [2.45, 2.75) is 18.9 Å². The molecule has 0 fully saturated rings. The van der Waals surface area contributed by atoms with Gasteiger partial charge in [-0.05, 0) is 0 Å². The van der Waals surface area contributed by atoms with Gasteiger partial charge in [0.2, 0.25) is 5.91 Å². The largest absolute Gasteiger partial charge is 0.466 e. The molecule has 0 aromatic carbocycles. The highest BCUT2D eigenvalue weighted by atomic mass is 16.6. The van der Waals surface area contributed by atoms with E-state index in [1.807, 2.05) is 0 Å². The lowest BCUT2D eigenvalue weighted by Gasteiger charge is -2.13. The molecule has 0 spiro atoms. The molecule has 0 N–H and O–H groups in total. The summed E-state index contributed by atoms with van der Waals surface area (Å²) in [6, 6.07) is 0. The fourth-order valence-electron chi connectivity index (χ4n) is 1.09. The SMILES string of the molecule is COC(=O)C(OC1=NC(=O)CC1)C(=O)OC. The molecule has 0 atom stereocenters. The molecule has 1 rings (SSSR count). The average Bonchev–Trinajstić information content (AvgIpc) is 2.69. The standard InChI is InChI=1S/C9H11NO6/c1-14-8(12)7(9(13)15-2)16-6-4-3-5(11)10-6/h7H,3-4H2,1-2H3. The van der Waals surface area contributed by atoms with Crippen LogP contribution in [0.5, 0.6) is 0 Å². The molecule has 7 heteroatoms. The monoisotopic (exact) mass is 229 g/mol. The Morgan fingerprint density at radius 2 is 1.75 bits per heavy atom. The maximum atomic E-state index is 11.2. The first-order chi connectivity index (χ1) is 7.58. The Labute approximate surface area is 91.4 Å². The second-order valence-corrected chi connectivity index (χ2v) is 2.94. The molecule has 1 aliphatic heterocycles. The molecule has 0 aromatic rings. The quantitative estimate of drug-likeness (QED) is 0.475. The molecular formula is C9H11NO6. The minimum atomic E-state index is -1.53. The van der Waals surface area contributed by atoms with Crippen LogP contribution in [0, 0.1) is 0 Å². The molecule has 88 valence electrons. The molecule has 1 heterocycles. The number of esters is 2. The maximum absolute atomic E-state index is 11.2. The summed E-state index contributed by atoms with van der Waals surface area (Å²) in [6.07, 6.45) is -1.05. The van der Waals surface area contributed by atoms with Gasteiger partial charge in [-0.25, -0.2) is 9.59 Å². The van der Waals surface area contributed by atoms with Crippen molar-refractivity contribution in [3.63, 3.8) is 0 Å². The fourth-order valence-corrected chi connectivity index (χ4v) is 1.09. The average molecular weight is 229 g/mol. The summed E-state index contributed by atoms with van der Waals surface area (Å²) in [5.74, 6) is -2.09. The third kappa shape index (κ3) is 2.78. The third-order valence-electron chi connectivity index (χ3n) is 1.89. The lowest BCUT2D eigenvalue weighted by molar-refractivity contribution is -0.164. The van der Waals surface area contributed by atoms with Gasteiger partial charge in [0.1, 0.15) is 0 Å². The molecule has 1 aliphatic rings. The topological polar surface area (TPSA) is 91.3 Å². The van der Waals surface area contributed by atoms with Crippen LogP contribution in [-0.4, -0.2) is 44.1 Å². The van der Waals surface area contributed by atoms with Crippen molar-refractivity contribution in [2.75, 3.05) is 14.2 Å². The molecule has 0 aromatic heterocycles. The second-order valence-electron chi connectivity index (χ2n) is 2.94. The molecule has 0 radical (unpaired) electrons. The van der Waals surface area contributed by atoms with Gasteiger partial charge >= 0.3 is 11.9 Å². The zero-order valence-corrected chi connectivity index (χ0v) is 8.89. The molecule has 16 heavy (non-hydrogen) atoms. The van der Waals surface area contributed by atoms with E-state index in [1.54, 1.807) is 0 Å². The predicted molar refractivity (Wildman–Crippen MR) is 50.6 cm³/mol. The van der Waals surface area contributed by atoms with Crippen molar-refractivity contribution in [1.82, 2.24) is 0 Å². The maximum Gasteiger partial charge on any atom is 0.359 e. The van der Waals surface area contributed by atoms with Crippen molar-refractivity contribution in [3.8, 4) is 0 Å². The Hall–Kier alpha value is -1.92. The number of hydrogen-bond donors (Lipinski definition) is 0. The van der Waals surface area contributed by atoms with E-state index >= 15 is 0 Å². The molecule has 7 nitrogen and oxygen atoms in total. The van der Waals surface area contributed by atoms with E-state index in [0.29, 0.717) is 0 Å². The van der Waals surface area contributed by atoms with Gasteiger partial charge in [0.25, 0.3) is 6.10 Å². The van der Waals surface area contributed by atoms with Gasteiger partial charge in [-0.1, -0.05) is 0 Å². The molecule has 0 saturated carbocycles. The number of ether oxygens (including phenoxy) is 3. The highest BCUT2D eigenvalue weighted by molar-refractivity contribution is 6.03. The number of carbonyl (C=O) groups is 3. The number of nitrogens with zero attached hydrogens (tertiary/aromatic N) is 1. The number of methoxy groups -OCH3 is 2. The molecular weight excluding hydrogens is 218 g/mol. The summed E-state index contributed by atoms with van der Waals surface area (Å²) in [6.45, 7) is 0. The first-order valence-corrected chi connectivity index (χ1v) is 4.51. The van der Waals surface area contributed by atoms with E-state index in [0.717, 1.165) is 14.2 Å².